The third-order valence-corrected chi connectivity index (χ3v) is 2.23. The lowest BCUT2D eigenvalue weighted by Crippen LogP contribution is -1.88. The minimum Gasteiger partial charge on any atom is -0.396 e. The van der Waals surface area contributed by atoms with Gasteiger partial charge in [0.2, 0.25) is 0 Å². The van der Waals surface area contributed by atoms with Gasteiger partial charge in [0.25, 0.3) is 0 Å². The minimum atomic E-state index is 0.676. The van der Waals surface area contributed by atoms with Gasteiger partial charge in [-0.25, -0.2) is 0 Å². The fraction of sp³-hybridized carbons (Fsp3) is 0.100. The monoisotopic (exact) mass is 207 g/mol. The molecule has 0 aliphatic heterocycles. The third-order valence-electron chi connectivity index (χ3n) is 1.97. The van der Waals surface area contributed by atoms with E-state index in [1.54, 1.807) is 10.9 Å². The van der Waals surface area contributed by atoms with Gasteiger partial charge in [-0.3, -0.25) is 4.68 Å². The van der Waals surface area contributed by atoms with Gasteiger partial charge in [-0.05, 0) is 12.1 Å². The Morgan fingerprint density at radius 2 is 1.93 bits per heavy atom. The SMILES string of the molecule is Cn1cc(N)c(-c2ccc(Cl)cc2)n1. The maximum absolute atomic E-state index is 5.80. The Balaban J connectivity index is 2.49. The first-order valence-electron chi connectivity index (χ1n) is 4.22. The molecule has 0 saturated carbocycles. The van der Waals surface area contributed by atoms with E-state index in [9.17, 15) is 0 Å². The molecule has 72 valence electrons. The summed E-state index contributed by atoms with van der Waals surface area (Å²) in [7, 11) is 1.84. The number of rotatable bonds is 1. The number of halogens is 1. The van der Waals surface area contributed by atoms with E-state index in [0.717, 1.165) is 11.3 Å². The number of nitrogens with two attached hydrogens (primary N) is 1. The van der Waals surface area contributed by atoms with Gasteiger partial charge in [-0.1, -0.05) is 23.7 Å². The molecule has 2 aromatic rings. The summed E-state index contributed by atoms with van der Waals surface area (Å²) in [5.41, 5.74) is 8.25. The van der Waals surface area contributed by atoms with Gasteiger partial charge >= 0.3 is 0 Å². The molecule has 0 spiro atoms. The van der Waals surface area contributed by atoms with Crippen LogP contribution in [0, 0.1) is 0 Å². The zero-order valence-corrected chi connectivity index (χ0v) is 8.49. The first kappa shape index (κ1) is 9.09. The topological polar surface area (TPSA) is 43.8 Å². The third kappa shape index (κ3) is 1.59. The van der Waals surface area contributed by atoms with Crippen molar-refractivity contribution >= 4 is 17.3 Å². The number of aryl methyl sites for hydroxylation is 1. The molecule has 0 radical (unpaired) electrons. The standard InChI is InChI=1S/C10H10ClN3/c1-14-6-9(12)10(13-14)7-2-4-8(11)5-3-7/h2-6H,12H2,1H3. The molecule has 1 aromatic heterocycles. The number of nitrogens with zero attached hydrogens (tertiary/aromatic N) is 2. The molecule has 0 fully saturated rings. The molecule has 2 rings (SSSR count). The zero-order chi connectivity index (χ0) is 10.1. The summed E-state index contributed by atoms with van der Waals surface area (Å²) in [5, 5.41) is 4.97. The van der Waals surface area contributed by atoms with Crippen molar-refractivity contribution in [1.82, 2.24) is 9.78 Å². The second kappa shape index (κ2) is 3.35. The Morgan fingerprint density at radius 3 is 2.43 bits per heavy atom. The van der Waals surface area contributed by atoms with Gasteiger partial charge in [0.1, 0.15) is 5.69 Å². The number of hydrogen-bond acceptors (Lipinski definition) is 2. The van der Waals surface area contributed by atoms with Crippen LogP contribution >= 0.6 is 11.6 Å². The van der Waals surface area contributed by atoms with Crippen molar-refractivity contribution in [3.05, 3.63) is 35.5 Å². The van der Waals surface area contributed by atoms with Crippen LogP contribution in [0.3, 0.4) is 0 Å². The highest BCUT2D eigenvalue weighted by Gasteiger charge is 2.06. The van der Waals surface area contributed by atoms with E-state index < -0.39 is 0 Å². The highest BCUT2D eigenvalue weighted by Crippen LogP contribution is 2.24. The molecule has 0 atom stereocenters. The summed E-state index contributed by atoms with van der Waals surface area (Å²) < 4.78 is 1.69. The number of aromatic nitrogens is 2. The van der Waals surface area contributed by atoms with E-state index in [4.69, 9.17) is 17.3 Å². The normalized spacial score (nSPS) is 10.4. The molecule has 14 heavy (non-hydrogen) atoms. The Morgan fingerprint density at radius 1 is 1.29 bits per heavy atom. The van der Waals surface area contributed by atoms with E-state index in [2.05, 4.69) is 5.10 Å². The molecule has 0 saturated heterocycles. The largest absolute Gasteiger partial charge is 0.396 e. The number of anilines is 1. The Bertz CT molecular complexity index is 445. The predicted octanol–water partition coefficient (Wildman–Crippen LogP) is 2.32. The smallest absolute Gasteiger partial charge is 0.115 e. The van der Waals surface area contributed by atoms with E-state index >= 15 is 0 Å². The van der Waals surface area contributed by atoms with Crippen LogP contribution < -0.4 is 5.73 Å². The molecular formula is C10H10ClN3. The molecule has 1 aromatic carbocycles. The van der Waals surface area contributed by atoms with Gasteiger partial charge in [-0.2, -0.15) is 5.10 Å². The maximum atomic E-state index is 5.80. The number of nitrogen functional groups attached to an aromatic ring is 1. The first-order valence-corrected chi connectivity index (χ1v) is 4.59. The van der Waals surface area contributed by atoms with Crippen molar-refractivity contribution in [2.75, 3.05) is 5.73 Å². The lowest BCUT2D eigenvalue weighted by atomic mass is 10.1. The van der Waals surface area contributed by atoms with Gasteiger partial charge in [0, 0.05) is 23.8 Å². The second-order valence-electron chi connectivity index (χ2n) is 3.11. The molecule has 3 nitrogen and oxygen atoms in total. The van der Waals surface area contributed by atoms with Crippen LogP contribution in [0.5, 0.6) is 0 Å². The van der Waals surface area contributed by atoms with Crippen molar-refractivity contribution < 1.29 is 0 Å². The van der Waals surface area contributed by atoms with E-state index in [1.807, 2.05) is 31.3 Å². The van der Waals surface area contributed by atoms with E-state index in [0.29, 0.717) is 10.7 Å². The molecular weight excluding hydrogens is 198 g/mol. The lowest BCUT2D eigenvalue weighted by molar-refractivity contribution is 0.771. The van der Waals surface area contributed by atoms with Crippen LogP contribution in [0.25, 0.3) is 11.3 Å². The molecule has 1 heterocycles. The summed E-state index contributed by atoms with van der Waals surface area (Å²) in [6.07, 6.45) is 1.78. The minimum absolute atomic E-state index is 0.676. The summed E-state index contributed by atoms with van der Waals surface area (Å²) in [6, 6.07) is 7.46. The average molecular weight is 208 g/mol. The Labute approximate surface area is 87.1 Å². The quantitative estimate of drug-likeness (QED) is 0.780. The summed E-state index contributed by atoms with van der Waals surface area (Å²) in [5.74, 6) is 0. The van der Waals surface area contributed by atoms with Crippen molar-refractivity contribution in [3.8, 4) is 11.3 Å². The van der Waals surface area contributed by atoms with E-state index in [-0.39, 0.29) is 0 Å². The summed E-state index contributed by atoms with van der Waals surface area (Å²) in [4.78, 5) is 0. The molecule has 0 aliphatic rings. The zero-order valence-electron chi connectivity index (χ0n) is 7.74. The summed E-state index contributed by atoms with van der Waals surface area (Å²) >= 11 is 5.79. The van der Waals surface area contributed by atoms with E-state index in [1.165, 1.54) is 0 Å². The van der Waals surface area contributed by atoms with Gasteiger partial charge in [0.05, 0.1) is 5.69 Å². The van der Waals surface area contributed by atoms with Crippen LogP contribution in [-0.4, -0.2) is 9.78 Å². The molecule has 0 unspecified atom stereocenters. The van der Waals surface area contributed by atoms with Crippen molar-refractivity contribution in [3.63, 3.8) is 0 Å². The Kier molecular flexibility index (Phi) is 2.17. The fourth-order valence-corrected chi connectivity index (χ4v) is 1.46. The highest BCUT2D eigenvalue weighted by molar-refractivity contribution is 6.30. The van der Waals surface area contributed by atoms with Gasteiger partial charge < -0.3 is 5.73 Å². The highest BCUT2D eigenvalue weighted by atomic mass is 35.5. The van der Waals surface area contributed by atoms with Crippen LogP contribution in [0.4, 0.5) is 5.69 Å². The Hall–Kier alpha value is -1.48. The first-order chi connectivity index (χ1) is 6.66. The molecule has 2 N–H and O–H groups in total. The van der Waals surface area contributed by atoms with Crippen LogP contribution in [0.1, 0.15) is 0 Å². The van der Waals surface area contributed by atoms with Crippen LogP contribution in [0.15, 0.2) is 30.5 Å². The lowest BCUT2D eigenvalue weighted by Gasteiger charge is -1.97. The van der Waals surface area contributed by atoms with Gasteiger partial charge in [0.15, 0.2) is 0 Å². The van der Waals surface area contributed by atoms with Crippen LogP contribution in [0.2, 0.25) is 5.02 Å². The fourth-order valence-electron chi connectivity index (χ4n) is 1.34. The molecule has 0 amide bonds. The average Bonchev–Trinajstić information content (AvgIpc) is 2.47. The molecule has 0 aliphatic carbocycles. The number of benzene rings is 1. The predicted molar refractivity (Wildman–Crippen MR) is 58.1 cm³/mol. The van der Waals surface area contributed by atoms with Gasteiger partial charge in [-0.15, -0.1) is 0 Å². The number of hydrogen-bond donors (Lipinski definition) is 1. The maximum Gasteiger partial charge on any atom is 0.115 e. The van der Waals surface area contributed by atoms with Crippen molar-refractivity contribution in [1.29, 1.82) is 0 Å². The van der Waals surface area contributed by atoms with Crippen LogP contribution in [-0.2, 0) is 7.05 Å². The summed E-state index contributed by atoms with van der Waals surface area (Å²) in [6.45, 7) is 0. The second-order valence-corrected chi connectivity index (χ2v) is 3.55. The van der Waals surface area contributed by atoms with Crippen molar-refractivity contribution in [2.24, 2.45) is 7.05 Å². The molecule has 0 bridgehead atoms. The molecule has 4 heteroatoms. The van der Waals surface area contributed by atoms with Crippen molar-refractivity contribution in [2.45, 2.75) is 0 Å².